The lowest BCUT2D eigenvalue weighted by molar-refractivity contribution is 0.470. The van der Waals surface area contributed by atoms with Gasteiger partial charge in [0, 0.05) is 19.2 Å². The Kier molecular flexibility index (Phi) is 3.19. The molecule has 2 heterocycles. The molecular formula is C13H12F2N6. The fourth-order valence-corrected chi connectivity index (χ4v) is 2.06. The van der Waals surface area contributed by atoms with E-state index in [-0.39, 0.29) is 23.1 Å². The summed E-state index contributed by atoms with van der Waals surface area (Å²) in [5, 5.41) is 19.5. The van der Waals surface area contributed by atoms with Crippen LogP contribution in [-0.4, -0.2) is 28.9 Å². The monoisotopic (exact) mass is 290 g/mol. The van der Waals surface area contributed by atoms with E-state index >= 15 is 0 Å². The Balaban J connectivity index is 2.04. The number of nitrogen functional groups attached to an aromatic ring is 1. The minimum Gasteiger partial charge on any atom is -0.382 e. The van der Waals surface area contributed by atoms with Crippen molar-refractivity contribution in [1.82, 2.24) is 15.1 Å². The third-order valence-electron chi connectivity index (χ3n) is 3.29. The molecule has 3 rings (SSSR count). The summed E-state index contributed by atoms with van der Waals surface area (Å²) >= 11 is 0. The van der Waals surface area contributed by atoms with Crippen LogP contribution >= 0.6 is 0 Å². The molecule has 1 saturated heterocycles. The highest BCUT2D eigenvalue weighted by Crippen LogP contribution is 2.26. The zero-order valence-electron chi connectivity index (χ0n) is 10.9. The molecule has 6 nitrogen and oxygen atoms in total. The molecule has 0 amide bonds. The molecule has 21 heavy (non-hydrogen) atoms. The van der Waals surface area contributed by atoms with Gasteiger partial charge in [-0.15, -0.1) is 5.10 Å². The number of hydrogen-bond donors (Lipinski definition) is 3. The van der Waals surface area contributed by atoms with Crippen molar-refractivity contribution in [3.8, 4) is 11.8 Å². The van der Waals surface area contributed by atoms with Crippen molar-refractivity contribution in [3.63, 3.8) is 0 Å². The zero-order chi connectivity index (χ0) is 15.0. The first-order chi connectivity index (χ1) is 10.1. The van der Waals surface area contributed by atoms with Crippen molar-refractivity contribution in [3.05, 3.63) is 35.4 Å². The molecule has 0 aliphatic carbocycles. The van der Waals surface area contributed by atoms with E-state index < -0.39 is 11.6 Å². The van der Waals surface area contributed by atoms with Gasteiger partial charge in [0.25, 0.3) is 0 Å². The van der Waals surface area contributed by atoms with Crippen LogP contribution in [0, 0.1) is 23.0 Å². The van der Waals surface area contributed by atoms with E-state index in [0.29, 0.717) is 5.82 Å². The van der Waals surface area contributed by atoms with Crippen LogP contribution in [0.2, 0.25) is 0 Å². The maximum atomic E-state index is 13.8. The minimum atomic E-state index is -0.800. The Labute approximate surface area is 119 Å². The Hall–Kier alpha value is -2.66. The largest absolute Gasteiger partial charge is 0.382 e. The molecule has 2 aromatic rings. The van der Waals surface area contributed by atoms with Gasteiger partial charge in [-0.05, 0) is 12.1 Å². The summed E-state index contributed by atoms with van der Waals surface area (Å²) in [7, 11) is 0. The first-order valence-corrected chi connectivity index (χ1v) is 6.31. The van der Waals surface area contributed by atoms with Crippen LogP contribution in [0.4, 0.5) is 20.4 Å². The zero-order valence-corrected chi connectivity index (χ0v) is 10.9. The van der Waals surface area contributed by atoms with Crippen LogP contribution in [0.15, 0.2) is 18.2 Å². The Morgan fingerprint density at radius 2 is 2.19 bits per heavy atom. The fraction of sp³-hybridized carbons (Fsp3) is 0.231. The number of rotatable bonds is 3. The van der Waals surface area contributed by atoms with Gasteiger partial charge in [-0.2, -0.15) is 5.26 Å². The highest BCUT2D eigenvalue weighted by Gasteiger charge is 2.23. The number of benzene rings is 1. The van der Waals surface area contributed by atoms with E-state index in [1.807, 2.05) is 6.07 Å². The molecule has 0 radical (unpaired) electrons. The summed E-state index contributed by atoms with van der Waals surface area (Å²) in [4.78, 5) is 0. The molecule has 0 bridgehead atoms. The first kappa shape index (κ1) is 13.3. The summed E-state index contributed by atoms with van der Waals surface area (Å²) < 4.78 is 27.9. The number of nitrogens with one attached hydrogen (secondary N) is 2. The predicted octanol–water partition coefficient (Wildman–Crippen LogP) is 0.988. The molecule has 0 atom stereocenters. The van der Waals surface area contributed by atoms with Gasteiger partial charge < -0.3 is 16.4 Å². The number of halogens is 2. The number of nitrogens with two attached hydrogens (primary N) is 1. The number of aromatic nitrogens is 2. The maximum Gasteiger partial charge on any atom is 0.169 e. The topological polar surface area (TPSA) is 91.7 Å². The van der Waals surface area contributed by atoms with Crippen LogP contribution in [0.25, 0.3) is 5.69 Å². The van der Waals surface area contributed by atoms with Crippen LogP contribution in [0.3, 0.4) is 0 Å². The second-order valence-electron chi connectivity index (χ2n) is 4.73. The highest BCUT2D eigenvalue weighted by atomic mass is 19.1. The Morgan fingerprint density at radius 1 is 1.43 bits per heavy atom. The third-order valence-corrected chi connectivity index (χ3v) is 3.29. The van der Waals surface area contributed by atoms with Gasteiger partial charge in [0.1, 0.15) is 29.0 Å². The number of nitrogens with zero attached hydrogens (tertiary/aromatic N) is 3. The standard InChI is InChI=1S/C13H12F2N6/c14-7-1-2-11(10(15)3-7)21-12(17)9(4-16)13(20-21)19-8-5-18-6-8/h1-3,8,18H,5-6,17H2,(H,19,20). The van der Waals surface area contributed by atoms with Crippen molar-refractivity contribution >= 4 is 11.6 Å². The smallest absolute Gasteiger partial charge is 0.169 e. The van der Waals surface area contributed by atoms with Gasteiger partial charge in [-0.3, -0.25) is 0 Å². The number of nitriles is 1. The number of anilines is 2. The van der Waals surface area contributed by atoms with Crippen molar-refractivity contribution in [2.45, 2.75) is 6.04 Å². The molecule has 4 N–H and O–H groups in total. The molecule has 1 aliphatic rings. The molecular weight excluding hydrogens is 278 g/mol. The van der Waals surface area contributed by atoms with E-state index in [4.69, 9.17) is 5.73 Å². The second-order valence-corrected chi connectivity index (χ2v) is 4.73. The summed E-state index contributed by atoms with van der Waals surface area (Å²) in [5.74, 6) is -1.19. The van der Waals surface area contributed by atoms with Crippen molar-refractivity contribution in [2.24, 2.45) is 0 Å². The highest BCUT2D eigenvalue weighted by molar-refractivity contribution is 5.66. The summed E-state index contributed by atoms with van der Waals surface area (Å²) in [6.07, 6.45) is 0. The third kappa shape index (κ3) is 2.28. The molecule has 0 unspecified atom stereocenters. The van der Waals surface area contributed by atoms with E-state index in [1.165, 1.54) is 6.07 Å². The van der Waals surface area contributed by atoms with Gasteiger partial charge in [-0.1, -0.05) is 0 Å². The molecule has 0 spiro atoms. The van der Waals surface area contributed by atoms with E-state index in [0.717, 1.165) is 29.9 Å². The van der Waals surface area contributed by atoms with Crippen LogP contribution in [0.1, 0.15) is 5.56 Å². The first-order valence-electron chi connectivity index (χ1n) is 6.31. The van der Waals surface area contributed by atoms with Gasteiger partial charge in [-0.25, -0.2) is 13.5 Å². The van der Waals surface area contributed by atoms with Gasteiger partial charge >= 0.3 is 0 Å². The van der Waals surface area contributed by atoms with Crippen LogP contribution in [0.5, 0.6) is 0 Å². The van der Waals surface area contributed by atoms with Crippen molar-refractivity contribution < 1.29 is 8.78 Å². The molecule has 8 heteroatoms. The van der Waals surface area contributed by atoms with Crippen molar-refractivity contribution in [2.75, 3.05) is 24.1 Å². The summed E-state index contributed by atoms with van der Waals surface area (Å²) in [6, 6.07) is 5.17. The normalized spacial score (nSPS) is 14.5. The summed E-state index contributed by atoms with van der Waals surface area (Å²) in [5.41, 5.74) is 5.99. The Morgan fingerprint density at radius 3 is 2.76 bits per heavy atom. The average Bonchev–Trinajstić information content (AvgIpc) is 2.70. The molecule has 0 saturated carbocycles. The summed E-state index contributed by atoms with van der Waals surface area (Å²) in [6.45, 7) is 1.51. The van der Waals surface area contributed by atoms with E-state index in [1.54, 1.807) is 0 Å². The maximum absolute atomic E-state index is 13.8. The van der Waals surface area contributed by atoms with Gasteiger partial charge in [0.05, 0.1) is 6.04 Å². The minimum absolute atomic E-state index is 0.00909. The predicted molar refractivity (Wildman–Crippen MR) is 72.9 cm³/mol. The molecule has 1 aromatic heterocycles. The molecule has 1 aromatic carbocycles. The Bertz CT molecular complexity index is 729. The molecule has 1 fully saturated rings. The van der Waals surface area contributed by atoms with Gasteiger partial charge in [0.2, 0.25) is 0 Å². The van der Waals surface area contributed by atoms with Crippen LogP contribution in [-0.2, 0) is 0 Å². The SMILES string of the molecule is N#Cc1c(NC2CNC2)nn(-c2ccc(F)cc2F)c1N. The fourth-order valence-electron chi connectivity index (χ4n) is 2.06. The average molecular weight is 290 g/mol. The lowest BCUT2D eigenvalue weighted by Crippen LogP contribution is -2.51. The van der Waals surface area contributed by atoms with E-state index in [9.17, 15) is 14.0 Å². The number of hydrogen-bond acceptors (Lipinski definition) is 5. The molecule has 108 valence electrons. The van der Waals surface area contributed by atoms with Crippen LogP contribution < -0.4 is 16.4 Å². The van der Waals surface area contributed by atoms with Gasteiger partial charge in [0.15, 0.2) is 11.6 Å². The quantitative estimate of drug-likeness (QED) is 0.784. The lowest BCUT2D eigenvalue weighted by Gasteiger charge is -2.27. The van der Waals surface area contributed by atoms with E-state index in [2.05, 4.69) is 15.7 Å². The molecule has 1 aliphatic heterocycles. The second kappa shape index (κ2) is 5.03. The van der Waals surface area contributed by atoms with Crippen molar-refractivity contribution in [1.29, 1.82) is 5.26 Å². The lowest BCUT2D eigenvalue weighted by atomic mass is 10.2.